The number of hydrogen-bond acceptors (Lipinski definition) is 7. The zero-order chi connectivity index (χ0) is 29.4. The number of amides is 1. The molecule has 0 saturated carbocycles. The first-order valence-corrected chi connectivity index (χ1v) is 13.9. The van der Waals surface area contributed by atoms with Crippen molar-refractivity contribution in [3.05, 3.63) is 84.8 Å². The third-order valence-electron chi connectivity index (χ3n) is 7.45. The Hall–Kier alpha value is -5.12. The SMILES string of the molecule is CC(C)(C)OC(=O)N1CCN(c2ccc(-c3cnc4c(-c5ccc(C(N)=NO)c6ccccc56)cnn4c3)cc2)CC1. The van der Waals surface area contributed by atoms with Crippen LogP contribution < -0.4 is 10.6 Å². The van der Waals surface area contributed by atoms with Gasteiger partial charge in [-0.15, -0.1) is 0 Å². The molecule has 1 aliphatic heterocycles. The van der Waals surface area contributed by atoms with Crippen LogP contribution in [0.2, 0.25) is 0 Å². The van der Waals surface area contributed by atoms with E-state index in [9.17, 15) is 10.0 Å². The molecule has 3 N–H and O–H groups in total. The van der Waals surface area contributed by atoms with Crippen molar-refractivity contribution >= 4 is 34.0 Å². The van der Waals surface area contributed by atoms with Gasteiger partial charge in [-0.05, 0) is 60.9 Å². The number of carbonyl (C=O) groups excluding carboxylic acids is 1. The lowest BCUT2D eigenvalue weighted by Gasteiger charge is -2.36. The molecule has 0 bridgehead atoms. The number of ether oxygens (including phenoxy) is 1. The maximum absolute atomic E-state index is 12.4. The first kappa shape index (κ1) is 27.1. The normalized spacial score (nSPS) is 14.5. The molecule has 0 atom stereocenters. The largest absolute Gasteiger partial charge is 0.444 e. The minimum absolute atomic E-state index is 0.0643. The average Bonchev–Trinajstić information content (AvgIpc) is 3.42. The zero-order valence-electron chi connectivity index (χ0n) is 23.9. The monoisotopic (exact) mass is 563 g/mol. The number of amidine groups is 1. The third-order valence-corrected chi connectivity index (χ3v) is 7.45. The van der Waals surface area contributed by atoms with E-state index in [1.807, 2.05) is 75.8 Å². The van der Waals surface area contributed by atoms with Crippen LogP contribution in [0.15, 0.2) is 84.4 Å². The van der Waals surface area contributed by atoms with E-state index in [2.05, 4.69) is 39.4 Å². The van der Waals surface area contributed by atoms with Crippen molar-refractivity contribution in [3.8, 4) is 22.3 Å². The molecule has 3 heterocycles. The maximum Gasteiger partial charge on any atom is 0.410 e. The van der Waals surface area contributed by atoms with Crippen LogP contribution in [-0.2, 0) is 4.74 Å². The highest BCUT2D eigenvalue weighted by molar-refractivity contribution is 6.12. The second kappa shape index (κ2) is 10.7. The highest BCUT2D eigenvalue weighted by Crippen LogP contribution is 2.33. The van der Waals surface area contributed by atoms with Gasteiger partial charge in [-0.2, -0.15) is 5.10 Å². The van der Waals surface area contributed by atoms with E-state index in [0.29, 0.717) is 18.7 Å². The first-order chi connectivity index (χ1) is 20.2. The molecular formula is C32H33N7O3. The smallest absolute Gasteiger partial charge is 0.410 e. The number of fused-ring (bicyclic) bond motifs is 2. The lowest BCUT2D eigenvalue weighted by atomic mass is 9.96. The summed E-state index contributed by atoms with van der Waals surface area (Å²) in [6, 6.07) is 20.0. The van der Waals surface area contributed by atoms with Crippen molar-refractivity contribution in [1.29, 1.82) is 0 Å². The fourth-order valence-electron chi connectivity index (χ4n) is 5.36. The van der Waals surface area contributed by atoms with Crippen LogP contribution in [0.4, 0.5) is 10.5 Å². The van der Waals surface area contributed by atoms with Gasteiger partial charge in [0.15, 0.2) is 11.5 Å². The standard InChI is InChI=1S/C32H33N7O3/c1-32(2,3)42-31(40)38-16-14-37(15-17-38)23-10-8-21(9-11-23)22-18-34-30-28(19-35-39(30)20-22)26-12-13-27(29(33)36-41)25-7-5-4-6-24(25)26/h4-13,18-20,41H,14-17H2,1-3H3,(H2,33,36). The zero-order valence-corrected chi connectivity index (χ0v) is 23.9. The minimum atomic E-state index is -0.495. The average molecular weight is 564 g/mol. The van der Waals surface area contributed by atoms with E-state index < -0.39 is 5.60 Å². The molecule has 1 saturated heterocycles. The topological polar surface area (TPSA) is 122 Å². The Balaban J connectivity index is 1.21. The van der Waals surface area contributed by atoms with Gasteiger partial charge in [0.1, 0.15) is 5.60 Å². The summed E-state index contributed by atoms with van der Waals surface area (Å²) in [6.07, 6.45) is 5.40. The molecule has 0 radical (unpaired) electrons. The summed E-state index contributed by atoms with van der Waals surface area (Å²) in [6.45, 7) is 8.40. The summed E-state index contributed by atoms with van der Waals surface area (Å²) in [5.74, 6) is 0.0643. The summed E-state index contributed by atoms with van der Waals surface area (Å²) in [4.78, 5) is 21.2. The number of nitrogens with two attached hydrogens (primary N) is 1. The van der Waals surface area contributed by atoms with Gasteiger partial charge in [0.2, 0.25) is 0 Å². The number of piperazine rings is 1. The van der Waals surface area contributed by atoms with E-state index in [0.717, 1.165) is 57.5 Å². The molecule has 42 heavy (non-hydrogen) atoms. The lowest BCUT2D eigenvalue weighted by Crippen LogP contribution is -2.50. The van der Waals surface area contributed by atoms with Gasteiger partial charge in [-0.3, -0.25) is 0 Å². The number of carbonyl (C=O) groups is 1. The summed E-state index contributed by atoms with van der Waals surface area (Å²) in [5.41, 5.74) is 11.8. The molecule has 2 aromatic heterocycles. The van der Waals surface area contributed by atoms with Crippen molar-refractivity contribution in [2.24, 2.45) is 10.9 Å². The van der Waals surface area contributed by atoms with Crippen LogP contribution in [0.3, 0.4) is 0 Å². The highest BCUT2D eigenvalue weighted by atomic mass is 16.6. The number of oxime groups is 1. The molecule has 1 amide bonds. The van der Waals surface area contributed by atoms with E-state index >= 15 is 0 Å². The van der Waals surface area contributed by atoms with Gasteiger partial charge in [0, 0.05) is 61.0 Å². The fourth-order valence-corrected chi connectivity index (χ4v) is 5.36. The summed E-state index contributed by atoms with van der Waals surface area (Å²) >= 11 is 0. The highest BCUT2D eigenvalue weighted by Gasteiger charge is 2.26. The number of nitrogens with zero attached hydrogens (tertiary/aromatic N) is 6. The first-order valence-electron chi connectivity index (χ1n) is 13.9. The Morgan fingerprint density at radius 1 is 0.905 bits per heavy atom. The van der Waals surface area contributed by atoms with Gasteiger partial charge in [-0.1, -0.05) is 47.6 Å². The molecule has 1 aliphatic rings. The molecule has 5 aromatic rings. The van der Waals surface area contributed by atoms with Gasteiger partial charge >= 0.3 is 6.09 Å². The molecule has 0 aliphatic carbocycles. The molecule has 10 nitrogen and oxygen atoms in total. The Bertz CT molecular complexity index is 1800. The van der Waals surface area contributed by atoms with Crippen LogP contribution in [0, 0.1) is 0 Å². The molecular weight excluding hydrogens is 530 g/mol. The van der Waals surface area contributed by atoms with E-state index in [1.165, 1.54) is 0 Å². The van der Waals surface area contributed by atoms with Crippen molar-refractivity contribution in [3.63, 3.8) is 0 Å². The van der Waals surface area contributed by atoms with E-state index in [4.69, 9.17) is 15.5 Å². The molecule has 0 spiro atoms. The van der Waals surface area contributed by atoms with Crippen LogP contribution in [0.5, 0.6) is 0 Å². The number of benzene rings is 3. The maximum atomic E-state index is 12.4. The molecule has 3 aromatic carbocycles. The number of rotatable bonds is 4. The lowest BCUT2D eigenvalue weighted by molar-refractivity contribution is 0.0240. The molecule has 6 rings (SSSR count). The second-order valence-electron chi connectivity index (χ2n) is 11.4. The van der Waals surface area contributed by atoms with Crippen molar-refractivity contribution in [1.82, 2.24) is 19.5 Å². The Morgan fingerprint density at radius 2 is 1.62 bits per heavy atom. The van der Waals surface area contributed by atoms with Gasteiger partial charge < -0.3 is 25.5 Å². The third kappa shape index (κ3) is 5.18. The molecule has 10 heteroatoms. The Morgan fingerprint density at radius 3 is 2.31 bits per heavy atom. The van der Waals surface area contributed by atoms with Gasteiger partial charge in [0.25, 0.3) is 0 Å². The predicted octanol–water partition coefficient (Wildman–Crippen LogP) is 5.37. The number of hydrogen-bond donors (Lipinski definition) is 2. The molecule has 214 valence electrons. The van der Waals surface area contributed by atoms with Gasteiger partial charge in [0.05, 0.1) is 6.20 Å². The van der Waals surface area contributed by atoms with E-state index in [-0.39, 0.29) is 11.9 Å². The summed E-state index contributed by atoms with van der Waals surface area (Å²) in [5, 5.41) is 18.9. The summed E-state index contributed by atoms with van der Waals surface area (Å²) in [7, 11) is 0. The van der Waals surface area contributed by atoms with Crippen LogP contribution >= 0.6 is 0 Å². The minimum Gasteiger partial charge on any atom is -0.444 e. The van der Waals surface area contributed by atoms with Gasteiger partial charge in [-0.25, -0.2) is 14.3 Å². The number of aromatic nitrogens is 3. The fraction of sp³-hybridized carbons (Fsp3) is 0.250. The van der Waals surface area contributed by atoms with Crippen molar-refractivity contribution in [2.75, 3.05) is 31.1 Å². The molecule has 0 unspecified atom stereocenters. The predicted molar refractivity (Wildman–Crippen MR) is 164 cm³/mol. The van der Waals surface area contributed by atoms with E-state index in [1.54, 1.807) is 9.42 Å². The molecule has 1 fully saturated rings. The quantitative estimate of drug-likeness (QED) is 0.131. The second-order valence-corrected chi connectivity index (χ2v) is 11.4. The Kier molecular flexibility index (Phi) is 6.89. The van der Waals surface area contributed by atoms with Crippen LogP contribution in [0.1, 0.15) is 26.3 Å². The number of anilines is 1. The van der Waals surface area contributed by atoms with Crippen LogP contribution in [0.25, 0.3) is 38.7 Å². The Labute approximate surface area is 243 Å². The van der Waals surface area contributed by atoms with Crippen LogP contribution in [-0.4, -0.2) is 68.4 Å². The van der Waals surface area contributed by atoms with Crippen molar-refractivity contribution < 1.29 is 14.7 Å². The van der Waals surface area contributed by atoms with Crippen molar-refractivity contribution in [2.45, 2.75) is 26.4 Å². The summed E-state index contributed by atoms with van der Waals surface area (Å²) < 4.78 is 7.31.